The number of carbonyl (C=O) groups is 1. The number of carbonyl (C=O) groups excluding carboxylic acids is 1. The van der Waals surface area contributed by atoms with E-state index in [9.17, 15) is 13.2 Å². The Hall–Kier alpha value is -1.89. The van der Waals surface area contributed by atoms with Gasteiger partial charge in [-0.05, 0) is 43.9 Å². The normalized spacial score (nSPS) is 19.5. The summed E-state index contributed by atoms with van der Waals surface area (Å²) >= 11 is 0. The lowest BCUT2D eigenvalue weighted by atomic mass is 10.2. The number of imidazole rings is 1. The molecule has 1 aliphatic carbocycles. The van der Waals surface area contributed by atoms with E-state index in [1.54, 1.807) is 0 Å². The lowest BCUT2D eigenvalue weighted by Gasteiger charge is -2.13. The second-order valence-corrected chi connectivity index (χ2v) is 9.24. The minimum absolute atomic E-state index is 0.401. The smallest absolute Gasteiger partial charge is 0.245 e. The highest BCUT2D eigenvalue weighted by Gasteiger charge is 2.58. The van der Waals surface area contributed by atoms with Crippen LogP contribution in [0.3, 0.4) is 0 Å². The fraction of sp³-hybridized carbons (Fsp3) is 0.529. The van der Waals surface area contributed by atoms with Crippen molar-refractivity contribution in [3.05, 3.63) is 24.0 Å². The molecule has 1 amide bonds. The van der Waals surface area contributed by atoms with E-state index in [1.165, 1.54) is 6.42 Å². The van der Waals surface area contributed by atoms with Crippen LogP contribution in [0.1, 0.15) is 37.9 Å². The number of sulfone groups is 1. The first-order valence-corrected chi connectivity index (χ1v) is 10.3. The number of rotatable bonds is 3. The van der Waals surface area contributed by atoms with Crippen LogP contribution in [0.25, 0.3) is 11.0 Å². The van der Waals surface area contributed by atoms with E-state index >= 15 is 0 Å². The molecule has 7 heteroatoms. The Labute approximate surface area is 141 Å². The first-order valence-electron chi connectivity index (χ1n) is 8.41. The predicted molar refractivity (Wildman–Crippen MR) is 92.7 cm³/mol. The highest BCUT2D eigenvalue weighted by molar-refractivity contribution is 7.93. The van der Waals surface area contributed by atoms with Gasteiger partial charge in [0.25, 0.3) is 0 Å². The van der Waals surface area contributed by atoms with Crippen molar-refractivity contribution in [2.45, 2.75) is 49.8 Å². The number of anilines is 1. The van der Waals surface area contributed by atoms with Crippen LogP contribution in [0.5, 0.6) is 0 Å². The van der Waals surface area contributed by atoms with Crippen molar-refractivity contribution < 1.29 is 13.2 Å². The van der Waals surface area contributed by atoms with E-state index in [-0.39, 0.29) is 0 Å². The quantitative estimate of drug-likeness (QED) is 0.923. The first-order chi connectivity index (χ1) is 11.4. The highest BCUT2D eigenvalue weighted by Crippen LogP contribution is 2.44. The summed E-state index contributed by atoms with van der Waals surface area (Å²) in [5.74, 6) is 0.672. The molecule has 1 N–H and O–H groups in total. The Morgan fingerprint density at radius 1 is 1.25 bits per heavy atom. The van der Waals surface area contributed by atoms with Crippen LogP contribution < -0.4 is 5.32 Å². The van der Waals surface area contributed by atoms with Gasteiger partial charge in [0.1, 0.15) is 5.82 Å². The summed E-state index contributed by atoms with van der Waals surface area (Å²) in [6, 6.07) is 5.64. The van der Waals surface area contributed by atoms with Crippen molar-refractivity contribution in [2.75, 3.05) is 11.6 Å². The molecule has 0 atom stereocenters. The summed E-state index contributed by atoms with van der Waals surface area (Å²) < 4.78 is 24.7. The Morgan fingerprint density at radius 3 is 2.75 bits per heavy atom. The number of amides is 1. The van der Waals surface area contributed by atoms with Crippen molar-refractivity contribution in [3.8, 4) is 0 Å². The minimum atomic E-state index is -3.39. The summed E-state index contributed by atoms with van der Waals surface area (Å²) in [6.45, 7) is 0.981. The fourth-order valence-corrected chi connectivity index (χ4v) is 4.78. The number of nitrogens with one attached hydrogen (secondary N) is 1. The van der Waals surface area contributed by atoms with Crippen molar-refractivity contribution in [1.29, 1.82) is 0 Å². The van der Waals surface area contributed by atoms with Crippen molar-refractivity contribution in [1.82, 2.24) is 9.55 Å². The molecule has 0 spiro atoms. The molecule has 24 heavy (non-hydrogen) atoms. The number of nitrogens with zero attached hydrogens (tertiary/aromatic N) is 2. The molecule has 2 aromatic rings. The van der Waals surface area contributed by atoms with Gasteiger partial charge in [-0.3, -0.25) is 4.79 Å². The molecule has 1 fully saturated rings. The molecule has 1 aromatic heterocycles. The molecular formula is C17H21N3O3S. The molecule has 2 aliphatic rings. The third-order valence-corrected chi connectivity index (χ3v) is 7.21. The van der Waals surface area contributed by atoms with Gasteiger partial charge in [0, 0.05) is 24.9 Å². The monoisotopic (exact) mass is 347 g/mol. The van der Waals surface area contributed by atoms with Crippen LogP contribution in [-0.4, -0.2) is 34.9 Å². The number of fused-ring (bicyclic) bond motifs is 3. The van der Waals surface area contributed by atoms with Crippen LogP contribution in [0.2, 0.25) is 0 Å². The maximum Gasteiger partial charge on any atom is 0.245 e. The first kappa shape index (κ1) is 15.6. The zero-order valence-electron chi connectivity index (χ0n) is 13.7. The molecule has 6 nitrogen and oxygen atoms in total. The molecule has 1 aromatic carbocycles. The van der Waals surface area contributed by atoms with Crippen LogP contribution >= 0.6 is 0 Å². The Bertz CT molecular complexity index is 926. The Balaban J connectivity index is 1.63. The molecule has 0 unspecified atom stereocenters. The van der Waals surface area contributed by atoms with Crippen LogP contribution in [0.15, 0.2) is 18.2 Å². The molecule has 4 rings (SSSR count). The van der Waals surface area contributed by atoms with Crippen LogP contribution in [-0.2, 0) is 27.6 Å². The van der Waals surface area contributed by atoms with Gasteiger partial charge >= 0.3 is 0 Å². The summed E-state index contributed by atoms with van der Waals surface area (Å²) in [5.41, 5.74) is 2.54. The molecular weight excluding hydrogens is 326 g/mol. The van der Waals surface area contributed by atoms with Gasteiger partial charge in [0.2, 0.25) is 5.91 Å². The van der Waals surface area contributed by atoms with Crippen LogP contribution in [0, 0.1) is 0 Å². The summed E-state index contributed by atoms with van der Waals surface area (Å²) in [5, 5.41) is 2.77. The number of benzene rings is 1. The van der Waals surface area contributed by atoms with Crippen LogP contribution in [0.4, 0.5) is 5.69 Å². The molecule has 128 valence electrons. The molecule has 1 aliphatic heterocycles. The van der Waals surface area contributed by atoms with Gasteiger partial charge in [-0.1, -0.05) is 6.42 Å². The third-order valence-electron chi connectivity index (χ3n) is 5.19. The molecule has 2 heterocycles. The van der Waals surface area contributed by atoms with Gasteiger partial charge in [0.05, 0.1) is 11.0 Å². The number of aromatic nitrogens is 2. The lowest BCUT2D eigenvalue weighted by molar-refractivity contribution is -0.116. The number of hydrogen-bond donors (Lipinski definition) is 1. The number of aryl methyl sites for hydroxylation is 2. The van der Waals surface area contributed by atoms with E-state index < -0.39 is 20.5 Å². The Morgan fingerprint density at radius 2 is 2.04 bits per heavy atom. The predicted octanol–water partition coefficient (Wildman–Crippen LogP) is 2.28. The average molecular weight is 347 g/mol. The fourth-order valence-electron chi connectivity index (χ4n) is 3.55. The molecule has 0 radical (unpaired) electrons. The molecule has 0 saturated heterocycles. The van der Waals surface area contributed by atoms with E-state index in [4.69, 9.17) is 4.98 Å². The van der Waals surface area contributed by atoms with Gasteiger partial charge in [-0.15, -0.1) is 0 Å². The zero-order valence-corrected chi connectivity index (χ0v) is 14.5. The van der Waals surface area contributed by atoms with Gasteiger partial charge in [-0.2, -0.15) is 0 Å². The summed E-state index contributed by atoms with van der Waals surface area (Å²) in [4.78, 5) is 17.1. The van der Waals surface area contributed by atoms with E-state index in [1.807, 2.05) is 18.2 Å². The summed E-state index contributed by atoms with van der Waals surface area (Å²) in [6.07, 6.45) is 6.46. The topological polar surface area (TPSA) is 81.1 Å². The average Bonchev–Trinajstić information content (AvgIpc) is 3.29. The molecule has 1 saturated carbocycles. The van der Waals surface area contributed by atoms with E-state index in [2.05, 4.69) is 9.88 Å². The third kappa shape index (κ3) is 2.42. The second kappa shape index (κ2) is 5.31. The largest absolute Gasteiger partial charge is 0.328 e. The second-order valence-electron chi connectivity index (χ2n) is 6.91. The molecule has 0 bridgehead atoms. The van der Waals surface area contributed by atoms with Gasteiger partial charge in [0.15, 0.2) is 14.6 Å². The maximum absolute atomic E-state index is 12.4. The van der Waals surface area contributed by atoms with E-state index in [0.29, 0.717) is 18.5 Å². The van der Waals surface area contributed by atoms with Gasteiger partial charge < -0.3 is 9.88 Å². The van der Waals surface area contributed by atoms with E-state index in [0.717, 1.165) is 48.9 Å². The number of hydrogen-bond acceptors (Lipinski definition) is 4. The van der Waals surface area contributed by atoms with Gasteiger partial charge in [-0.25, -0.2) is 13.4 Å². The lowest BCUT2D eigenvalue weighted by Crippen LogP contribution is -2.36. The van der Waals surface area contributed by atoms with Crippen molar-refractivity contribution in [3.63, 3.8) is 0 Å². The van der Waals surface area contributed by atoms with Crippen molar-refractivity contribution in [2.24, 2.45) is 0 Å². The zero-order chi connectivity index (χ0) is 16.9. The standard InChI is InChI=1S/C17H21N3O3S/c1-24(22,23)17(8-9-17)16(21)18-12-6-7-14-13(11-12)19-15-5-3-2-4-10-20(14)15/h6-7,11H,2-5,8-10H2,1H3,(H,18,21). The Kier molecular flexibility index (Phi) is 3.46. The van der Waals surface area contributed by atoms with Crippen molar-refractivity contribution >= 4 is 32.5 Å². The SMILES string of the molecule is CS(=O)(=O)C1(C(=O)Nc2ccc3c(c2)nc2n3CCCCC2)CC1. The summed E-state index contributed by atoms with van der Waals surface area (Å²) in [7, 11) is -3.39. The minimum Gasteiger partial charge on any atom is -0.328 e. The highest BCUT2D eigenvalue weighted by atomic mass is 32.2. The maximum atomic E-state index is 12.4.